The lowest BCUT2D eigenvalue weighted by Crippen LogP contribution is -2.34. The molecule has 0 spiro atoms. The van der Waals surface area contributed by atoms with Gasteiger partial charge in [0.25, 0.3) is 0 Å². The van der Waals surface area contributed by atoms with Crippen molar-refractivity contribution in [3.63, 3.8) is 0 Å². The van der Waals surface area contributed by atoms with Gasteiger partial charge in [-0.25, -0.2) is 18.1 Å². The number of pyridine rings is 1. The van der Waals surface area contributed by atoms with Crippen LogP contribution >= 0.6 is 0 Å². The molecule has 1 aromatic heterocycles. The van der Waals surface area contributed by atoms with E-state index in [1.807, 2.05) is 6.07 Å². The van der Waals surface area contributed by atoms with Crippen molar-refractivity contribution in [2.45, 2.75) is 11.2 Å². The minimum Gasteiger partial charge on any atom is -0.355 e. The highest BCUT2D eigenvalue weighted by Gasteiger charge is 2.16. The fourth-order valence-corrected chi connectivity index (χ4v) is 2.09. The molecule has 0 aliphatic carbocycles. The van der Waals surface area contributed by atoms with E-state index in [4.69, 9.17) is 14.7 Å². The zero-order valence-corrected chi connectivity index (χ0v) is 10.8. The largest absolute Gasteiger partial charge is 0.355 e. The van der Waals surface area contributed by atoms with Crippen LogP contribution in [0.3, 0.4) is 0 Å². The molecule has 0 bridgehead atoms. The Balaban J connectivity index is 2.77. The summed E-state index contributed by atoms with van der Waals surface area (Å²) in [7, 11) is -0.865. The molecule has 0 atom stereocenters. The number of rotatable bonds is 6. The topological polar surface area (TPSA) is 101 Å². The number of hydrogen-bond acceptors (Lipinski definition) is 6. The van der Waals surface area contributed by atoms with Crippen molar-refractivity contribution in [1.82, 2.24) is 9.71 Å². The Morgan fingerprint density at radius 3 is 2.56 bits per heavy atom. The summed E-state index contributed by atoms with van der Waals surface area (Å²) in [5.74, 6) is 0. The number of hydrogen-bond donors (Lipinski definition) is 1. The van der Waals surface area contributed by atoms with Gasteiger partial charge in [0, 0.05) is 20.4 Å². The van der Waals surface area contributed by atoms with Gasteiger partial charge < -0.3 is 9.47 Å². The Bertz CT molecular complexity index is 517. The second kappa shape index (κ2) is 6.42. The van der Waals surface area contributed by atoms with Crippen molar-refractivity contribution < 1.29 is 17.9 Å². The summed E-state index contributed by atoms with van der Waals surface area (Å²) >= 11 is 0. The lowest BCUT2D eigenvalue weighted by Gasteiger charge is -2.14. The summed E-state index contributed by atoms with van der Waals surface area (Å²) in [5.41, 5.74) is 0.153. The molecular formula is C10H13N3O4S. The molecule has 1 aromatic rings. The SMILES string of the molecule is COC(CNS(=O)(=O)c1ccc(C#N)nc1)OC. The van der Waals surface area contributed by atoms with Crippen molar-refractivity contribution in [2.24, 2.45) is 0 Å². The minimum atomic E-state index is -3.68. The first-order valence-corrected chi connectivity index (χ1v) is 6.43. The lowest BCUT2D eigenvalue weighted by atomic mass is 10.4. The molecule has 98 valence electrons. The first kappa shape index (κ1) is 14.5. The van der Waals surface area contributed by atoms with Gasteiger partial charge in [0.2, 0.25) is 10.0 Å². The van der Waals surface area contributed by atoms with Crippen LogP contribution in [0.4, 0.5) is 0 Å². The van der Waals surface area contributed by atoms with E-state index in [-0.39, 0.29) is 17.1 Å². The fourth-order valence-electron chi connectivity index (χ4n) is 1.13. The highest BCUT2D eigenvalue weighted by molar-refractivity contribution is 7.89. The number of sulfonamides is 1. The molecule has 1 heterocycles. The van der Waals surface area contributed by atoms with Crippen molar-refractivity contribution >= 4 is 10.0 Å². The molecule has 1 rings (SSSR count). The molecule has 8 heteroatoms. The van der Waals surface area contributed by atoms with E-state index in [1.54, 1.807) is 0 Å². The standard InChI is InChI=1S/C10H13N3O4S/c1-16-10(17-2)7-13-18(14,15)9-4-3-8(5-11)12-6-9/h3-4,6,10,13H,7H2,1-2H3. The van der Waals surface area contributed by atoms with Crippen molar-refractivity contribution in [2.75, 3.05) is 20.8 Å². The molecule has 18 heavy (non-hydrogen) atoms. The average molecular weight is 271 g/mol. The highest BCUT2D eigenvalue weighted by Crippen LogP contribution is 2.07. The van der Waals surface area contributed by atoms with Crippen molar-refractivity contribution in [1.29, 1.82) is 5.26 Å². The van der Waals surface area contributed by atoms with E-state index < -0.39 is 16.3 Å². The molecule has 7 nitrogen and oxygen atoms in total. The molecule has 0 amide bonds. The number of methoxy groups -OCH3 is 2. The van der Waals surface area contributed by atoms with Crippen LogP contribution in [-0.4, -0.2) is 40.5 Å². The van der Waals surface area contributed by atoms with Crippen LogP contribution in [-0.2, 0) is 19.5 Å². The molecule has 0 radical (unpaired) electrons. The maximum Gasteiger partial charge on any atom is 0.242 e. The molecule has 1 N–H and O–H groups in total. The van der Waals surface area contributed by atoms with Gasteiger partial charge in [0.05, 0.1) is 6.54 Å². The average Bonchev–Trinajstić information content (AvgIpc) is 2.40. The third-order valence-corrected chi connectivity index (χ3v) is 3.54. The normalized spacial score (nSPS) is 11.4. The summed E-state index contributed by atoms with van der Waals surface area (Å²) in [4.78, 5) is 3.67. The predicted molar refractivity (Wildman–Crippen MR) is 61.9 cm³/mol. The number of nitriles is 1. The van der Waals surface area contributed by atoms with Crippen LogP contribution < -0.4 is 4.72 Å². The van der Waals surface area contributed by atoms with Gasteiger partial charge in [-0.3, -0.25) is 0 Å². The van der Waals surface area contributed by atoms with Gasteiger partial charge in [-0.15, -0.1) is 0 Å². The van der Waals surface area contributed by atoms with Crippen LogP contribution in [0.15, 0.2) is 23.2 Å². The summed E-state index contributed by atoms with van der Waals surface area (Å²) < 4.78 is 35.7. The Hall–Kier alpha value is -1.53. The summed E-state index contributed by atoms with van der Waals surface area (Å²) in [6, 6.07) is 4.45. The molecule has 0 fully saturated rings. The van der Waals surface area contributed by atoms with Gasteiger partial charge in [-0.2, -0.15) is 5.26 Å². The number of nitrogens with one attached hydrogen (secondary N) is 1. The van der Waals surface area contributed by atoms with E-state index in [0.717, 1.165) is 6.20 Å². The zero-order chi connectivity index (χ0) is 13.6. The van der Waals surface area contributed by atoms with Crippen molar-refractivity contribution in [3.05, 3.63) is 24.0 Å². The maximum absolute atomic E-state index is 11.8. The number of ether oxygens (including phenoxy) is 2. The quantitative estimate of drug-likeness (QED) is 0.722. The van der Waals surface area contributed by atoms with Gasteiger partial charge in [0.1, 0.15) is 16.7 Å². The Labute approximate surface area is 105 Å². The number of aromatic nitrogens is 1. The Kier molecular flexibility index (Phi) is 5.18. The monoisotopic (exact) mass is 271 g/mol. The van der Waals surface area contributed by atoms with Crippen LogP contribution in [0.5, 0.6) is 0 Å². The summed E-state index contributed by atoms with van der Waals surface area (Å²) in [5, 5.41) is 8.56. The predicted octanol–water partition coefficient (Wildman–Crippen LogP) is -0.150. The second-order valence-corrected chi connectivity index (χ2v) is 5.01. The zero-order valence-electron chi connectivity index (χ0n) is 9.95. The number of nitrogens with zero attached hydrogens (tertiary/aromatic N) is 2. The third kappa shape index (κ3) is 3.75. The van der Waals surface area contributed by atoms with E-state index in [2.05, 4.69) is 9.71 Å². The molecule has 0 saturated carbocycles. The van der Waals surface area contributed by atoms with E-state index in [0.29, 0.717) is 0 Å². The van der Waals surface area contributed by atoms with E-state index in [1.165, 1.54) is 26.4 Å². The molecule has 0 unspecified atom stereocenters. The maximum atomic E-state index is 11.8. The van der Waals surface area contributed by atoms with Crippen LogP contribution in [0, 0.1) is 11.3 Å². The van der Waals surface area contributed by atoms with Crippen LogP contribution in [0.2, 0.25) is 0 Å². The van der Waals surface area contributed by atoms with Gasteiger partial charge in [-0.1, -0.05) is 0 Å². The second-order valence-electron chi connectivity index (χ2n) is 3.24. The molecule has 0 aliphatic heterocycles. The highest BCUT2D eigenvalue weighted by atomic mass is 32.2. The smallest absolute Gasteiger partial charge is 0.242 e. The van der Waals surface area contributed by atoms with Crippen LogP contribution in [0.1, 0.15) is 5.69 Å². The van der Waals surface area contributed by atoms with Crippen molar-refractivity contribution in [3.8, 4) is 6.07 Å². The molecule has 0 aliphatic rings. The lowest BCUT2D eigenvalue weighted by molar-refractivity contribution is -0.0960. The molecule has 0 saturated heterocycles. The van der Waals surface area contributed by atoms with Gasteiger partial charge in [-0.05, 0) is 12.1 Å². The summed E-state index contributed by atoms with van der Waals surface area (Å²) in [6.07, 6.45) is 0.460. The Morgan fingerprint density at radius 2 is 2.11 bits per heavy atom. The van der Waals surface area contributed by atoms with Gasteiger partial charge in [0.15, 0.2) is 6.29 Å². The first-order chi connectivity index (χ1) is 8.53. The fraction of sp³-hybridized carbons (Fsp3) is 0.400. The van der Waals surface area contributed by atoms with Gasteiger partial charge >= 0.3 is 0 Å². The summed E-state index contributed by atoms with van der Waals surface area (Å²) in [6.45, 7) is -0.0185. The Morgan fingerprint density at radius 1 is 1.44 bits per heavy atom. The third-order valence-electron chi connectivity index (χ3n) is 2.13. The van der Waals surface area contributed by atoms with E-state index in [9.17, 15) is 8.42 Å². The first-order valence-electron chi connectivity index (χ1n) is 4.95. The van der Waals surface area contributed by atoms with Crippen LogP contribution in [0.25, 0.3) is 0 Å². The van der Waals surface area contributed by atoms with E-state index >= 15 is 0 Å². The molecule has 0 aromatic carbocycles. The minimum absolute atomic E-state index is 0.0185. The molecular weight excluding hydrogens is 258 g/mol.